The van der Waals surface area contributed by atoms with Crippen molar-refractivity contribution >= 4 is 12.2 Å². The summed E-state index contributed by atoms with van der Waals surface area (Å²) in [5, 5.41) is 2.77. The molecule has 0 aliphatic carbocycles. The Morgan fingerprint density at radius 1 is 1.40 bits per heavy atom. The highest BCUT2D eigenvalue weighted by Crippen LogP contribution is 2.29. The van der Waals surface area contributed by atoms with Crippen molar-refractivity contribution < 1.29 is 19.1 Å². The van der Waals surface area contributed by atoms with Crippen molar-refractivity contribution in [1.29, 1.82) is 0 Å². The molecule has 0 aliphatic heterocycles. The molecule has 20 heavy (non-hydrogen) atoms. The van der Waals surface area contributed by atoms with Crippen LogP contribution >= 0.6 is 0 Å². The molecule has 5 heteroatoms. The van der Waals surface area contributed by atoms with Gasteiger partial charge in [-0.3, -0.25) is 9.59 Å². The normalized spacial score (nSPS) is 10.2. The molecule has 1 amide bonds. The van der Waals surface area contributed by atoms with Gasteiger partial charge >= 0.3 is 0 Å². The highest BCUT2D eigenvalue weighted by molar-refractivity contribution is 5.82. The van der Waals surface area contributed by atoms with E-state index in [2.05, 4.69) is 19.2 Å². The van der Waals surface area contributed by atoms with Crippen LogP contribution in [0.2, 0.25) is 0 Å². The van der Waals surface area contributed by atoms with Crippen molar-refractivity contribution in [3.8, 4) is 11.5 Å². The van der Waals surface area contributed by atoms with Crippen molar-refractivity contribution in [1.82, 2.24) is 5.32 Å². The maximum atomic E-state index is 11.6. The predicted molar refractivity (Wildman–Crippen MR) is 76.3 cm³/mol. The first kappa shape index (κ1) is 16.0. The van der Waals surface area contributed by atoms with Gasteiger partial charge in [-0.25, -0.2) is 0 Å². The zero-order valence-corrected chi connectivity index (χ0v) is 12.1. The number of rotatable bonds is 8. The zero-order chi connectivity index (χ0) is 15.0. The Bertz CT molecular complexity index is 457. The number of amides is 1. The smallest absolute Gasteiger partial charge is 0.257 e. The lowest BCUT2D eigenvalue weighted by molar-refractivity contribution is -0.123. The van der Waals surface area contributed by atoms with Gasteiger partial charge in [0.05, 0.1) is 12.7 Å². The number of methoxy groups -OCH3 is 1. The van der Waals surface area contributed by atoms with Crippen LogP contribution in [-0.4, -0.2) is 32.5 Å². The van der Waals surface area contributed by atoms with Gasteiger partial charge in [0.2, 0.25) is 0 Å². The molecule has 0 bridgehead atoms. The van der Waals surface area contributed by atoms with Gasteiger partial charge in [-0.2, -0.15) is 0 Å². The quantitative estimate of drug-likeness (QED) is 0.740. The molecule has 0 heterocycles. The number of nitrogens with one attached hydrogen (secondary N) is 1. The van der Waals surface area contributed by atoms with E-state index in [9.17, 15) is 9.59 Å². The second kappa shape index (κ2) is 8.19. The Morgan fingerprint density at radius 3 is 2.75 bits per heavy atom. The molecular formula is C15H21NO4. The fraction of sp³-hybridized carbons (Fsp3) is 0.467. The molecule has 110 valence electrons. The Hall–Kier alpha value is -2.04. The number of carbonyl (C=O) groups is 2. The summed E-state index contributed by atoms with van der Waals surface area (Å²) in [6.45, 7) is 4.66. The monoisotopic (exact) mass is 279 g/mol. The van der Waals surface area contributed by atoms with Gasteiger partial charge in [-0.15, -0.1) is 0 Å². The Kier molecular flexibility index (Phi) is 6.56. The molecule has 1 aromatic carbocycles. The van der Waals surface area contributed by atoms with E-state index in [1.54, 1.807) is 18.2 Å². The first-order chi connectivity index (χ1) is 9.58. The van der Waals surface area contributed by atoms with Crippen molar-refractivity contribution in [2.75, 3.05) is 20.3 Å². The summed E-state index contributed by atoms with van der Waals surface area (Å²) in [6, 6.07) is 4.98. The summed E-state index contributed by atoms with van der Waals surface area (Å²) in [5.74, 6) is 1.05. The van der Waals surface area contributed by atoms with Crippen LogP contribution in [0.15, 0.2) is 18.2 Å². The van der Waals surface area contributed by atoms with Crippen LogP contribution in [0.1, 0.15) is 30.6 Å². The third kappa shape index (κ3) is 4.91. The van der Waals surface area contributed by atoms with Crippen molar-refractivity contribution in [2.24, 2.45) is 5.92 Å². The van der Waals surface area contributed by atoms with E-state index in [0.717, 1.165) is 6.42 Å². The maximum Gasteiger partial charge on any atom is 0.257 e. The van der Waals surface area contributed by atoms with Crippen LogP contribution in [0.4, 0.5) is 0 Å². The first-order valence-electron chi connectivity index (χ1n) is 6.60. The lowest BCUT2D eigenvalue weighted by Gasteiger charge is -2.12. The topological polar surface area (TPSA) is 64.6 Å². The Balaban J connectivity index is 2.56. The van der Waals surface area contributed by atoms with E-state index in [1.165, 1.54) is 7.11 Å². The molecule has 0 saturated carbocycles. The third-order valence-corrected chi connectivity index (χ3v) is 2.75. The molecule has 0 atom stereocenters. The fourth-order valence-corrected chi connectivity index (χ4v) is 1.63. The highest BCUT2D eigenvalue weighted by atomic mass is 16.5. The molecule has 0 aliphatic rings. The van der Waals surface area contributed by atoms with Gasteiger partial charge in [0.15, 0.2) is 24.4 Å². The van der Waals surface area contributed by atoms with Crippen molar-refractivity contribution in [2.45, 2.75) is 20.3 Å². The van der Waals surface area contributed by atoms with E-state index in [4.69, 9.17) is 9.47 Å². The maximum absolute atomic E-state index is 11.6. The number of hydrogen-bond acceptors (Lipinski definition) is 4. The average molecular weight is 279 g/mol. The van der Waals surface area contributed by atoms with E-state index in [1.807, 2.05) is 0 Å². The fourth-order valence-electron chi connectivity index (χ4n) is 1.63. The molecule has 0 saturated heterocycles. The van der Waals surface area contributed by atoms with Gasteiger partial charge in [0, 0.05) is 6.54 Å². The molecule has 1 N–H and O–H groups in total. The van der Waals surface area contributed by atoms with Crippen molar-refractivity contribution in [3.05, 3.63) is 23.8 Å². The highest BCUT2D eigenvalue weighted by Gasteiger charge is 2.12. The van der Waals surface area contributed by atoms with E-state index in [-0.39, 0.29) is 12.5 Å². The number of benzene rings is 1. The van der Waals surface area contributed by atoms with Gasteiger partial charge in [0.1, 0.15) is 0 Å². The molecular weight excluding hydrogens is 258 g/mol. The Labute approximate surface area is 119 Å². The summed E-state index contributed by atoms with van der Waals surface area (Å²) < 4.78 is 10.5. The summed E-state index contributed by atoms with van der Waals surface area (Å²) in [6.07, 6.45) is 1.59. The summed E-state index contributed by atoms with van der Waals surface area (Å²) in [7, 11) is 1.49. The van der Waals surface area contributed by atoms with Crippen LogP contribution in [-0.2, 0) is 4.79 Å². The SMILES string of the molecule is COc1cccc(C=O)c1OCC(=O)NCCC(C)C. The van der Waals surface area contributed by atoms with Crippen LogP contribution < -0.4 is 14.8 Å². The van der Waals surface area contributed by atoms with E-state index < -0.39 is 0 Å². The van der Waals surface area contributed by atoms with Gasteiger partial charge in [-0.1, -0.05) is 19.9 Å². The molecule has 5 nitrogen and oxygen atoms in total. The second-order valence-corrected chi connectivity index (χ2v) is 4.82. The third-order valence-electron chi connectivity index (χ3n) is 2.75. The largest absolute Gasteiger partial charge is 0.493 e. The Morgan fingerprint density at radius 2 is 2.15 bits per heavy atom. The molecule has 0 aromatic heterocycles. The lowest BCUT2D eigenvalue weighted by Crippen LogP contribution is -2.30. The predicted octanol–water partition coefficient (Wildman–Crippen LogP) is 2.05. The minimum atomic E-state index is -0.214. The molecule has 1 rings (SSSR count). The van der Waals surface area contributed by atoms with Gasteiger partial charge in [-0.05, 0) is 24.5 Å². The summed E-state index contributed by atoms with van der Waals surface area (Å²) >= 11 is 0. The number of para-hydroxylation sites is 1. The molecule has 0 radical (unpaired) electrons. The average Bonchev–Trinajstić information content (AvgIpc) is 2.44. The second-order valence-electron chi connectivity index (χ2n) is 4.82. The molecule has 0 spiro atoms. The van der Waals surface area contributed by atoms with Crippen molar-refractivity contribution in [3.63, 3.8) is 0 Å². The van der Waals surface area contributed by atoms with Gasteiger partial charge < -0.3 is 14.8 Å². The first-order valence-corrected chi connectivity index (χ1v) is 6.60. The standard InChI is InChI=1S/C15H21NO4/c1-11(2)7-8-16-14(18)10-20-15-12(9-17)5-4-6-13(15)19-3/h4-6,9,11H,7-8,10H2,1-3H3,(H,16,18). The van der Waals surface area contributed by atoms with Crippen LogP contribution in [0.5, 0.6) is 11.5 Å². The van der Waals surface area contributed by atoms with Crippen LogP contribution in [0, 0.1) is 5.92 Å². The summed E-state index contributed by atoms with van der Waals surface area (Å²) in [5.41, 5.74) is 0.360. The molecule has 0 unspecified atom stereocenters. The number of hydrogen-bond donors (Lipinski definition) is 1. The lowest BCUT2D eigenvalue weighted by atomic mass is 10.1. The van der Waals surface area contributed by atoms with Crippen LogP contribution in [0.3, 0.4) is 0 Å². The number of aldehydes is 1. The number of carbonyl (C=O) groups excluding carboxylic acids is 2. The van der Waals surface area contributed by atoms with Crippen LogP contribution in [0.25, 0.3) is 0 Å². The zero-order valence-electron chi connectivity index (χ0n) is 12.1. The van der Waals surface area contributed by atoms with Gasteiger partial charge in [0.25, 0.3) is 5.91 Å². The summed E-state index contributed by atoms with van der Waals surface area (Å²) in [4.78, 5) is 22.6. The molecule has 1 aromatic rings. The minimum absolute atomic E-state index is 0.140. The minimum Gasteiger partial charge on any atom is -0.493 e. The van der Waals surface area contributed by atoms with E-state index >= 15 is 0 Å². The molecule has 0 fully saturated rings. The van der Waals surface area contributed by atoms with E-state index in [0.29, 0.717) is 35.8 Å². The number of ether oxygens (including phenoxy) is 2.